The number of rotatable bonds is 4. The molecule has 0 aromatic heterocycles. The van der Waals surface area contributed by atoms with Gasteiger partial charge in [0, 0.05) is 19.5 Å². The molecule has 2 rings (SSSR count). The van der Waals surface area contributed by atoms with Crippen LogP contribution in [0.1, 0.15) is 29.6 Å². The Kier molecular flexibility index (Phi) is 4.61. The Morgan fingerprint density at radius 1 is 1.42 bits per heavy atom. The summed E-state index contributed by atoms with van der Waals surface area (Å²) in [5.74, 6) is -2.48. The van der Waals surface area contributed by atoms with Crippen LogP contribution in [0.15, 0.2) is 18.2 Å². The molecule has 0 bridgehead atoms. The summed E-state index contributed by atoms with van der Waals surface area (Å²) in [5.41, 5.74) is -0.197. The van der Waals surface area contributed by atoms with Crippen LogP contribution >= 0.6 is 0 Å². The molecule has 5 heteroatoms. The van der Waals surface area contributed by atoms with E-state index >= 15 is 0 Å². The highest BCUT2D eigenvalue weighted by Gasteiger charge is 2.20. The fourth-order valence-electron chi connectivity index (χ4n) is 2.35. The fourth-order valence-corrected chi connectivity index (χ4v) is 2.35. The van der Waals surface area contributed by atoms with Crippen molar-refractivity contribution in [1.29, 1.82) is 0 Å². The van der Waals surface area contributed by atoms with Crippen LogP contribution in [0.3, 0.4) is 0 Å². The Hall–Kier alpha value is -1.33. The average Bonchev–Trinajstić information content (AvgIpc) is 2.39. The average molecular weight is 269 g/mol. The fraction of sp³-hybridized carbons (Fsp3) is 0.500. The zero-order valence-electron chi connectivity index (χ0n) is 10.6. The van der Waals surface area contributed by atoms with Gasteiger partial charge < -0.3 is 10.0 Å². The molecule has 0 radical (unpaired) electrons. The number of carbonyl (C=O) groups is 1. The number of halogens is 2. The number of hydrogen-bond acceptors (Lipinski definition) is 3. The van der Waals surface area contributed by atoms with Gasteiger partial charge in [-0.2, -0.15) is 0 Å². The van der Waals surface area contributed by atoms with E-state index in [0.717, 1.165) is 25.5 Å². The number of aliphatic hydroxyl groups excluding tert-OH is 1. The maximum Gasteiger partial charge on any atom is 0.169 e. The van der Waals surface area contributed by atoms with Crippen molar-refractivity contribution in [2.75, 3.05) is 19.6 Å². The lowest BCUT2D eigenvalue weighted by molar-refractivity contribution is 0.0669. The first-order chi connectivity index (χ1) is 9.08. The Labute approximate surface area is 110 Å². The van der Waals surface area contributed by atoms with Gasteiger partial charge in [0.2, 0.25) is 0 Å². The van der Waals surface area contributed by atoms with E-state index < -0.39 is 17.4 Å². The number of hydrogen-bond donors (Lipinski definition) is 1. The van der Waals surface area contributed by atoms with E-state index in [-0.39, 0.29) is 18.1 Å². The molecule has 0 aliphatic carbocycles. The van der Waals surface area contributed by atoms with Crippen molar-refractivity contribution in [3.63, 3.8) is 0 Å². The second-order valence-corrected chi connectivity index (χ2v) is 4.87. The van der Waals surface area contributed by atoms with Gasteiger partial charge in [0.25, 0.3) is 0 Å². The van der Waals surface area contributed by atoms with Crippen molar-refractivity contribution >= 4 is 5.78 Å². The van der Waals surface area contributed by atoms with Gasteiger partial charge in [0.05, 0.1) is 11.7 Å². The van der Waals surface area contributed by atoms with Crippen molar-refractivity contribution in [2.24, 2.45) is 0 Å². The molecule has 104 valence electrons. The number of aliphatic hydroxyl groups is 1. The molecule has 1 aromatic carbocycles. The number of likely N-dealkylation sites (tertiary alicyclic amines) is 1. The van der Waals surface area contributed by atoms with Crippen LogP contribution in [0.2, 0.25) is 0 Å². The standard InChI is InChI=1S/C14H17F2NO2/c15-12-5-1-4-11(14(12)16)13(19)6-8-17-7-2-3-10(18)9-17/h1,4-5,10,18H,2-3,6-9H2. The molecule has 0 saturated carbocycles. The second-order valence-electron chi connectivity index (χ2n) is 4.87. The summed E-state index contributed by atoms with van der Waals surface area (Å²) in [7, 11) is 0. The van der Waals surface area contributed by atoms with Gasteiger partial charge in [-0.25, -0.2) is 8.78 Å². The molecule has 1 aromatic rings. The molecule has 19 heavy (non-hydrogen) atoms. The molecule has 1 aliphatic heterocycles. The molecule has 1 atom stereocenters. The van der Waals surface area contributed by atoms with Crippen LogP contribution in [0.5, 0.6) is 0 Å². The molecular weight excluding hydrogens is 252 g/mol. The summed E-state index contributed by atoms with van der Waals surface area (Å²) < 4.78 is 26.4. The van der Waals surface area contributed by atoms with Gasteiger partial charge in [-0.1, -0.05) is 6.07 Å². The summed E-state index contributed by atoms with van der Waals surface area (Å²) in [6, 6.07) is 3.62. The quantitative estimate of drug-likeness (QED) is 0.850. The number of carbonyl (C=O) groups excluding carboxylic acids is 1. The van der Waals surface area contributed by atoms with Crippen LogP contribution in [0.4, 0.5) is 8.78 Å². The summed E-state index contributed by atoms with van der Waals surface area (Å²) in [4.78, 5) is 13.8. The zero-order chi connectivity index (χ0) is 13.8. The first-order valence-corrected chi connectivity index (χ1v) is 6.45. The van der Waals surface area contributed by atoms with E-state index in [1.165, 1.54) is 12.1 Å². The monoisotopic (exact) mass is 269 g/mol. The van der Waals surface area contributed by atoms with Gasteiger partial charge in [-0.15, -0.1) is 0 Å². The van der Waals surface area contributed by atoms with Crippen LogP contribution in [0, 0.1) is 11.6 Å². The molecular formula is C14H17F2NO2. The first-order valence-electron chi connectivity index (χ1n) is 6.45. The third kappa shape index (κ3) is 3.58. The van der Waals surface area contributed by atoms with E-state index in [1.54, 1.807) is 0 Å². The molecule has 1 N–H and O–H groups in total. The highest BCUT2D eigenvalue weighted by Crippen LogP contribution is 2.15. The van der Waals surface area contributed by atoms with Crippen molar-refractivity contribution in [3.8, 4) is 0 Å². The van der Waals surface area contributed by atoms with Gasteiger partial charge in [0.1, 0.15) is 0 Å². The molecule has 1 saturated heterocycles. The SMILES string of the molecule is O=C(CCN1CCCC(O)C1)c1cccc(F)c1F. The number of Topliss-reactive ketones (excluding diaryl/α,β-unsaturated/α-hetero) is 1. The van der Waals surface area contributed by atoms with Crippen LogP contribution in [-0.2, 0) is 0 Å². The van der Waals surface area contributed by atoms with E-state index in [9.17, 15) is 18.7 Å². The first kappa shape index (κ1) is 14.1. The normalized spacial score (nSPS) is 20.5. The van der Waals surface area contributed by atoms with E-state index in [4.69, 9.17) is 0 Å². The van der Waals surface area contributed by atoms with E-state index in [1.807, 2.05) is 4.90 Å². The topological polar surface area (TPSA) is 40.5 Å². The van der Waals surface area contributed by atoms with Gasteiger partial charge in [-0.05, 0) is 31.5 Å². The minimum absolute atomic E-state index is 0.132. The lowest BCUT2D eigenvalue weighted by atomic mass is 10.1. The lowest BCUT2D eigenvalue weighted by Crippen LogP contribution is -2.39. The molecule has 0 amide bonds. The number of ketones is 1. The third-order valence-corrected chi connectivity index (χ3v) is 3.39. The smallest absolute Gasteiger partial charge is 0.169 e. The van der Waals surface area contributed by atoms with Crippen molar-refractivity contribution in [3.05, 3.63) is 35.4 Å². The number of nitrogens with zero attached hydrogens (tertiary/aromatic N) is 1. The van der Waals surface area contributed by atoms with Crippen molar-refractivity contribution in [1.82, 2.24) is 4.90 Å². The van der Waals surface area contributed by atoms with Gasteiger partial charge in [0.15, 0.2) is 17.4 Å². The predicted octanol–water partition coefficient (Wildman–Crippen LogP) is 1.99. The van der Waals surface area contributed by atoms with Crippen molar-refractivity contribution < 1.29 is 18.7 Å². The summed E-state index contributed by atoms with van der Waals surface area (Å²) in [6.45, 7) is 1.83. The molecule has 1 heterocycles. The van der Waals surface area contributed by atoms with Crippen LogP contribution < -0.4 is 0 Å². The summed E-state index contributed by atoms with van der Waals surface area (Å²) >= 11 is 0. The molecule has 0 spiro atoms. The van der Waals surface area contributed by atoms with Crippen LogP contribution in [0.25, 0.3) is 0 Å². The van der Waals surface area contributed by atoms with Gasteiger partial charge >= 0.3 is 0 Å². The van der Waals surface area contributed by atoms with Gasteiger partial charge in [-0.3, -0.25) is 4.79 Å². The molecule has 1 fully saturated rings. The Balaban J connectivity index is 1.92. The third-order valence-electron chi connectivity index (χ3n) is 3.39. The minimum Gasteiger partial charge on any atom is -0.392 e. The summed E-state index contributed by atoms with van der Waals surface area (Å²) in [6.07, 6.45) is 1.45. The highest BCUT2D eigenvalue weighted by molar-refractivity contribution is 5.96. The maximum atomic E-state index is 13.4. The number of benzene rings is 1. The second kappa shape index (κ2) is 6.21. The van der Waals surface area contributed by atoms with E-state index in [2.05, 4.69) is 0 Å². The molecule has 1 aliphatic rings. The maximum absolute atomic E-state index is 13.4. The predicted molar refractivity (Wildman–Crippen MR) is 67.0 cm³/mol. The Morgan fingerprint density at radius 3 is 2.95 bits per heavy atom. The van der Waals surface area contributed by atoms with E-state index in [0.29, 0.717) is 13.1 Å². The largest absolute Gasteiger partial charge is 0.392 e. The van der Waals surface area contributed by atoms with Crippen LogP contribution in [-0.4, -0.2) is 41.5 Å². The molecule has 3 nitrogen and oxygen atoms in total. The number of β-amino-alcohol motifs (C(OH)–C–C–N with tert-alkyl or cyclic N) is 1. The lowest BCUT2D eigenvalue weighted by Gasteiger charge is -2.29. The number of piperidine rings is 1. The molecule has 1 unspecified atom stereocenters. The van der Waals surface area contributed by atoms with Crippen molar-refractivity contribution in [2.45, 2.75) is 25.4 Å². The Morgan fingerprint density at radius 2 is 2.21 bits per heavy atom. The highest BCUT2D eigenvalue weighted by atomic mass is 19.2. The summed E-state index contributed by atoms with van der Waals surface area (Å²) in [5, 5.41) is 9.51. The minimum atomic E-state index is -1.08. The zero-order valence-corrected chi connectivity index (χ0v) is 10.6. The Bertz CT molecular complexity index is 465.